The zero-order valence-corrected chi connectivity index (χ0v) is 21.8. The molecule has 39 heavy (non-hydrogen) atoms. The lowest BCUT2D eigenvalue weighted by atomic mass is 10.1. The molecule has 0 saturated heterocycles. The van der Waals surface area contributed by atoms with Crippen LogP contribution in [-0.2, 0) is 0 Å². The van der Waals surface area contributed by atoms with Crippen molar-refractivity contribution in [2.75, 3.05) is 0 Å². The lowest BCUT2D eigenvalue weighted by molar-refractivity contribution is 1.13. The Kier molecular flexibility index (Phi) is 4.24. The van der Waals surface area contributed by atoms with Crippen LogP contribution in [0.15, 0.2) is 134 Å². The van der Waals surface area contributed by atoms with Gasteiger partial charge < -0.3 is 9.13 Å². The van der Waals surface area contributed by atoms with Crippen LogP contribution in [0.2, 0.25) is 0 Å². The number of benzene rings is 6. The molecule has 0 N–H and O–H groups in total. The van der Waals surface area contributed by atoms with Crippen LogP contribution in [-0.4, -0.2) is 9.13 Å². The van der Waals surface area contributed by atoms with Crippen LogP contribution in [0.4, 0.5) is 0 Å². The fourth-order valence-corrected chi connectivity index (χ4v) is 7.58. The Morgan fingerprint density at radius 3 is 2.21 bits per heavy atom. The van der Waals surface area contributed by atoms with Gasteiger partial charge in [-0.3, -0.25) is 0 Å². The van der Waals surface area contributed by atoms with Crippen molar-refractivity contribution in [3.63, 3.8) is 0 Å². The summed E-state index contributed by atoms with van der Waals surface area (Å²) in [6.07, 6.45) is 2.19. The zero-order chi connectivity index (χ0) is 25.5. The highest BCUT2D eigenvalue weighted by molar-refractivity contribution is 7.26. The molecule has 0 aliphatic rings. The fourth-order valence-electron chi connectivity index (χ4n) is 6.38. The van der Waals surface area contributed by atoms with E-state index in [-0.39, 0.29) is 0 Å². The summed E-state index contributed by atoms with van der Waals surface area (Å²) < 4.78 is 7.47. The average molecular weight is 515 g/mol. The van der Waals surface area contributed by atoms with E-state index in [1.807, 2.05) is 11.3 Å². The predicted octanol–water partition coefficient (Wildman–Crippen LogP) is 10.2. The molecule has 0 spiro atoms. The second kappa shape index (κ2) is 7.83. The molecule has 3 heteroatoms. The number of hydrogen-bond acceptors (Lipinski definition) is 1. The van der Waals surface area contributed by atoms with Gasteiger partial charge in [0.2, 0.25) is 0 Å². The van der Waals surface area contributed by atoms with E-state index < -0.39 is 0 Å². The number of nitrogens with zero attached hydrogens (tertiary/aromatic N) is 2. The normalized spacial score (nSPS) is 12.1. The summed E-state index contributed by atoms with van der Waals surface area (Å²) in [5.41, 5.74) is 6.13. The quantitative estimate of drug-likeness (QED) is 0.217. The highest BCUT2D eigenvalue weighted by Gasteiger charge is 2.19. The predicted molar refractivity (Wildman–Crippen MR) is 168 cm³/mol. The molecule has 0 saturated carbocycles. The molecule has 182 valence electrons. The SMILES string of the molecule is c1ccc(-n2ccc3cc4c5ccc6ccccc6c5n(-c5cccc6c5sc5ccccc56)c4cc32)cc1. The Labute approximate surface area is 228 Å². The largest absolute Gasteiger partial charge is 0.316 e. The zero-order valence-electron chi connectivity index (χ0n) is 21.0. The number of fused-ring (bicyclic) bond motifs is 9. The van der Waals surface area contributed by atoms with Crippen LogP contribution in [0.3, 0.4) is 0 Å². The maximum Gasteiger partial charge on any atom is 0.0641 e. The van der Waals surface area contributed by atoms with Crippen molar-refractivity contribution >= 4 is 75.0 Å². The molecule has 3 heterocycles. The monoisotopic (exact) mass is 514 g/mol. The van der Waals surface area contributed by atoms with Crippen LogP contribution in [0.1, 0.15) is 0 Å². The summed E-state index contributed by atoms with van der Waals surface area (Å²) in [6.45, 7) is 0. The van der Waals surface area contributed by atoms with Crippen molar-refractivity contribution in [1.29, 1.82) is 0 Å². The molecule has 0 aliphatic heterocycles. The molecule has 9 rings (SSSR count). The topological polar surface area (TPSA) is 9.86 Å². The maximum atomic E-state index is 2.52. The van der Waals surface area contributed by atoms with E-state index in [0.29, 0.717) is 0 Å². The van der Waals surface area contributed by atoms with Crippen molar-refractivity contribution in [3.8, 4) is 11.4 Å². The van der Waals surface area contributed by atoms with E-state index in [2.05, 4.69) is 143 Å². The first kappa shape index (κ1) is 21.1. The highest BCUT2D eigenvalue weighted by Crippen LogP contribution is 2.43. The van der Waals surface area contributed by atoms with Gasteiger partial charge >= 0.3 is 0 Å². The molecule has 2 nitrogen and oxygen atoms in total. The number of rotatable bonds is 2. The lowest BCUT2D eigenvalue weighted by Crippen LogP contribution is -1.96. The van der Waals surface area contributed by atoms with Gasteiger partial charge in [-0.15, -0.1) is 11.3 Å². The third-order valence-corrected chi connectivity index (χ3v) is 9.33. The Hall–Kier alpha value is -4.86. The van der Waals surface area contributed by atoms with E-state index in [0.717, 1.165) is 0 Å². The smallest absolute Gasteiger partial charge is 0.0641 e. The van der Waals surface area contributed by atoms with Crippen molar-refractivity contribution in [2.24, 2.45) is 0 Å². The van der Waals surface area contributed by atoms with E-state index in [4.69, 9.17) is 0 Å². The van der Waals surface area contributed by atoms with E-state index in [9.17, 15) is 0 Å². The van der Waals surface area contributed by atoms with Gasteiger partial charge in [-0.25, -0.2) is 0 Å². The van der Waals surface area contributed by atoms with Gasteiger partial charge in [0.15, 0.2) is 0 Å². The summed E-state index contributed by atoms with van der Waals surface area (Å²) in [4.78, 5) is 0. The third-order valence-electron chi connectivity index (χ3n) is 8.12. The molecule has 0 amide bonds. The molecule has 0 atom stereocenters. The Morgan fingerprint density at radius 1 is 0.487 bits per heavy atom. The van der Waals surface area contributed by atoms with Gasteiger partial charge in [-0.2, -0.15) is 0 Å². The van der Waals surface area contributed by atoms with Crippen LogP contribution in [0.25, 0.3) is 75.0 Å². The van der Waals surface area contributed by atoms with E-state index in [1.165, 1.54) is 75.0 Å². The van der Waals surface area contributed by atoms with E-state index in [1.54, 1.807) is 0 Å². The first-order valence-electron chi connectivity index (χ1n) is 13.3. The molecule has 0 aliphatic carbocycles. The van der Waals surface area contributed by atoms with Crippen molar-refractivity contribution in [2.45, 2.75) is 0 Å². The molecule has 3 aromatic heterocycles. The van der Waals surface area contributed by atoms with E-state index >= 15 is 0 Å². The summed E-state index contributed by atoms with van der Waals surface area (Å²) in [5.74, 6) is 0. The van der Waals surface area contributed by atoms with Crippen LogP contribution < -0.4 is 0 Å². The maximum absolute atomic E-state index is 2.52. The van der Waals surface area contributed by atoms with Gasteiger partial charge in [0.1, 0.15) is 0 Å². The Morgan fingerprint density at radius 2 is 1.28 bits per heavy atom. The van der Waals surface area contributed by atoms with Gasteiger partial charge in [0.25, 0.3) is 0 Å². The summed E-state index contributed by atoms with van der Waals surface area (Å²) in [5, 5.41) is 9.00. The molecular formula is C36H22N2S. The minimum Gasteiger partial charge on any atom is -0.316 e. The standard InChI is InChI=1S/C36H22N2S/c1-2-10-25(11-3-1)37-20-19-24-21-30-28-18-17-23-9-4-5-12-26(23)35(28)38(33(30)22-32(24)37)31-15-8-14-29-27-13-6-7-16-34(27)39-36(29)31/h1-22H. The van der Waals surface area contributed by atoms with Gasteiger partial charge in [0.05, 0.1) is 26.9 Å². The summed E-state index contributed by atoms with van der Waals surface area (Å²) >= 11 is 1.89. The molecule has 6 aromatic carbocycles. The molecule has 0 unspecified atom stereocenters. The second-order valence-corrected chi connectivity index (χ2v) is 11.3. The lowest BCUT2D eigenvalue weighted by Gasteiger charge is -2.12. The molecule has 0 fully saturated rings. The minimum absolute atomic E-state index is 1.17. The van der Waals surface area contributed by atoms with Gasteiger partial charge in [-0.1, -0.05) is 84.9 Å². The number of thiophene rings is 1. The van der Waals surface area contributed by atoms with Crippen molar-refractivity contribution in [1.82, 2.24) is 9.13 Å². The second-order valence-electron chi connectivity index (χ2n) is 10.2. The number of para-hydroxylation sites is 1. The summed E-state index contributed by atoms with van der Waals surface area (Å²) in [6, 6.07) is 46.5. The highest BCUT2D eigenvalue weighted by atomic mass is 32.1. The van der Waals surface area contributed by atoms with Crippen LogP contribution >= 0.6 is 11.3 Å². The molecule has 0 bridgehead atoms. The first-order chi connectivity index (χ1) is 19.3. The minimum atomic E-state index is 1.17. The summed E-state index contributed by atoms with van der Waals surface area (Å²) in [7, 11) is 0. The Balaban J connectivity index is 1.49. The molecule has 0 radical (unpaired) electrons. The fraction of sp³-hybridized carbons (Fsp3) is 0. The van der Waals surface area contributed by atoms with Gasteiger partial charge in [-0.05, 0) is 47.9 Å². The van der Waals surface area contributed by atoms with Gasteiger partial charge in [0, 0.05) is 48.9 Å². The van der Waals surface area contributed by atoms with Crippen LogP contribution in [0.5, 0.6) is 0 Å². The van der Waals surface area contributed by atoms with Crippen molar-refractivity contribution in [3.05, 3.63) is 134 Å². The average Bonchev–Trinajstić information content (AvgIpc) is 3.68. The number of aromatic nitrogens is 2. The molecule has 9 aromatic rings. The number of hydrogen-bond donors (Lipinski definition) is 0. The Bertz CT molecular complexity index is 2390. The van der Waals surface area contributed by atoms with Crippen LogP contribution in [0, 0.1) is 0 Å². The van der Waals surface area contributed by atoms with Crippen molar-refractivity contribution < 1.29 is 0 Å². The molecular weight excluding hydrogens is 492 g/mol. The third kappa shape index (κ3) is 2.91. The first-order valence-corrected chi connectivity index (χ1v) is 14.1.